The number of piperazine rings is 1. The summed E-state index contributed by atoms with van der Waals surface area (Å²) in [5, 5.41) is 9.50. The molecule has 1 heterocycles. The highest BCUT2D eigenvalue weighted by molar-refractivity contribution is 5.82. The van der Waals surface area contributed by atoms with Crippen LogP contribution >= 0.6 is 0 Å². The highest BCUT2D eigenvalue weighted by Crippen LogP contribution is 2.15. The number of guanidine groups is 1. The second-order valence-electron chi connectivity index (χ2n) is 6.00. The number of nitrogens with zero attached hydrogens (tertiary/aromatic N) is 2. The molecule has 0 aliphatic carbocycles. The smallest absolute Gasteiger partial charge is 0.239 e. The quantitative estimate of drug-likeness (QED) is 0.402. The normalized spacial score (nSPS) is 15.2. The molecule has 0 aromatic heterocycles. The fourth-order valence-electron chi connectivity index (χ4n) is 2.67. The van der Waals surface area contributed by atoms with Gasteiger partial charge in [-0.3, -0.25) is 9.79 Å². The number of benzene rings is 1. The van der Waals surface area contributed by atoms with Crippen molar-refractivity contribution >= 4 is 17.6 Å². The van der Waals surface area contributed by atoms with Crippen LogP contribution in [-0.2, 0) is 11.3 Å². The molecule has 0 radical (unpaired) electrons. The van der Waals surface area contributed by atoms with E-state index in [2.05, 4.69) is 57.0 Å². The van der Waals surface area contributed by atoms with Gasteiger partial charge in [0.1, 0.15) is 0 Å². The Morgan fingerprint density at radius 2 is 2.04 bits per heavy atom. The summed E-state index contributed by atoms with van der Waals surface area (Å²) >= 11 is 0. The molecule has 1 fully saturated rings. The molecule has 1 aromatic carbocycles. The van der Waals surface area contributed by atoms with Gasteiger partial charge in [0.05, 0.1) is 6.54 Å². The number of carbonyl (C=O) groups excluding carboxylic acids is 1. The van der Waals surface area contributed by atoms with E-state index in [-0.39, 0.29) is 5.91 Å². The lowest BCUT2D eigenvalue weighted by molar-refractivity contribution is -0.120. The third-order valence-corrected chi connectivity index (χ3v) is 4.10. The maximum absolute atomic E-state index is 11.5. The van der Waals surface area contributed by atoms with Gasteiger partial charge in [-0.2, -0.15) is 0 Å². The lowest BCUT2D eigenvalue weighted by Crippen LogP contribution is -2.47. The van der Waals surface area contributed by atoms with Crippen molar-refractivity contribution in [3.63, 3.8) is 0 Å². The maximum atomic E-state index is 11.5. The number of carbonyl (C=O) groups is 1. The summed E-state index contributed by atoms with van der Waals surface area (Å²) in [5.74, 6) is 0.924. The third kappa shape index (κ3) is 5.76. The van der Waals surface area contributed by atoms with Crippen LogP contribution in [0.2, 0.25) is 0 Å². The van der Waals surface area contributed by atoms with Gasteiger partial charge in [-0.05, 0) is 24.1 Å². The second kappa shape index (κ2) is 9.80. The molecular formula is C18H29N5O. The van der Waals surface area contributed by atoms with E-state index in [1.54, 1.807) is 7.05 Å². The Hall–Kier alpha value is -2.24. The summed E-state index contributed by atoms with van der Waals surface area (Å²) in [7, 11) is 1.79. The van der Waals surface area contributed by atoms with Crippen molar-refractivity contribution in [3.8, 4) is 0 Å². The number of hydrogen-bond acceptors (Lipinski definition) is 3. The van der Waals surface area contributed by atoms with Gasteiger partial charge in [-0.1, -0.05) is 31.9 Å². The Kier molecular flexibility index (Phi) is 7.39. The molecule has 3 N–H and O–H groups in total. The van der Waals surface area contributed by atoms with Crippen LogP contribution in [0.4, 0.5) is 5.69 Å². The molecule has 132 valence electrons. The first kappa shape index (κ1) is 18.1. The van der Waals surface area contributed by atoms with Crippen LogP contribution in [0.1, 0.15) is 31.7 Å². The van der Waals surface area contributed by atoms with E-state index in [1.807, 2.05) is 0 Å². The van der Waals surface area contributed by atoms with Crippen LogP contribution in [0, 0.1) is 0 Å². The Morgan fingerprint density at radius 3 is 2.71 bits per heavy atom. The number of unbranched alkanes of at least 4 members (excludes halogenated alkanes) is 2. The van der Waals surface area contributed by atoms with Gasteiger partial charge in [0.2, 0.25) is 5.91 Å². The monoisotopic (exact) mass is 331 g/mol. The minimum absolute atomic E-state index is 0.0879. The van der Waals surface area contributed by atoms with Crippen molar-refractivity contribution in [2.75, 3.05) is 38.1 Å². The zero-order chi connectivity index (χ0) is 17.2. The van der Waals surface area contributed by atoms with Gasteiger partial charge < -0.3 is 20.9 Å². The van der Waals surface area contributed by atoms with E-state index < -0.39 is 0 Å². The van der Waals surface area contributed by atoms with E-state index in [1.165, 1.54) is 18.4 Å². The van der Waals surface area contributed by atoms with E-state index in [9.17, 15) is 4.79 Å². The van der Waals surface area contributed by atoms with E-state index in [0.717, 1.165) is 37.7 Å². The standard InChI is InChI=1S/C18H29N5O/c1-3-4-5-10-21-18(19-2)22-13-15-6-8-16(9-7-15)23-12-11-20-17(24)14-23/h6-9H,3-5,10-14H2,1-2H3,(H,20,24)(H2,19,21,22). The molecule has 0 spiro atoms. The van der Waals surface area contributed by atoms with Crippen molar-refractivity contribution in [3.05, 3.63) is 29.8 Å². The highest BCUT2D eigenvalue weighted by Gasteiger charge is 2.16. The zero-order valence-corrected chi connectivity index (χ0v) is 14.8. The number of rotatable bonds is 7. The number of nitrogens with one attached hydrogen (secondary N) is 3. The molecule has 1 saturated heterocycles. The summed E-state index contributed by atoms with van der Waals surface area (Å²) in [4.78, 5) is 17.8. The average molecular weight is 331 g/mol. The lowest BCUT2D eigenvalue weighted by Gasteiger charge is -2.28. The number of aliphatic imine (C=N–C) groups is 1. The first-order chi connectivity index (χ1) is 11.7. The third-order valence-electron chi connectivity index (χ3n) is 4.10. The van der Waals surface area contributed by atoms with Crippen LogP contribution in [0.25, 0.3) is 0 Å². The second-order valence-corrected chi connectivity index (χ2v) is 6.00. The van der Waals surface area contributed by atoms with E-state index in [4.69, 9.17) is 0 Å². The molecule has 6 nitrogen and oxygen atoms in total. The van der Waals surface area contributed by atoms with Crippen LogP contribution in [0.3, 0.4) is 0 Å². The van der Waals surface area contributed by atoms with Gasteiger partial charge in [0.15, 0.2) is 5.96 Å². The average Bonchev–Trinajstić information content (AvgIpc) is 2.61. The number of hydrogen-bond donors (Lipinski definition) is 3. The first-order valence-corrected chi connectivity index (χ1v) is 8.78. The predicted molar refractivity (Wildman–Crippen MR) is 99.4 cm³/mol. The number of anilines is 1. The van der Waals surface area contributed by atoms with Gasteiger partial charge >= 0.3 is 0 Å². The van der Waals surface area contributed by atoms with Crippen molar-refractivity contribution in [1.29, 1.82) is 0 Å². The van der Waals surface area contributed by atoms with Crippen molar-refractivity contribution in [2.45, 2.75) is 32.7 Å². The molecule has 0 bridgehead atoms. The van der Waals surface area contributed by atoms with Gasteiger partial charge in [-0.25, -0.2) is 0 Å². The van der Waals surface area contributed by atoms with Gasteiger partial charge in [-0.15, -0.1) is 0 Å². The molecule has 1 amide bonds. The molecule has 24 heavy (non-hydrogen) atoms. The molecule has 0 saturated carbocycles. The van der Waals surface area contributed by atoms with Crippen LogP contribution in [0.15, 0.2) is 29.3 Å². The largest absolute Gasteiger partial charge is 0.360 e. The van der Waals surface area contributed by atoms with E-state index >= 15 is 0 Å². The lowest BCUT2D eigenvalue weighted by atomic mass is 10.2. The minimum atomic E-state index is 0.0879. The molecule has 1 aliphatic rings. The van der Waals surface area contributed by atoms with Crippen molar-refractivity contribution < 1.29 is 4.79 Å². The summed E-state index contributed by atoms with van der Waals surface area (Å²) in [6.07, 6.45) is 3.62. The fourth-order valence-corrected chi connectivity index (χ4v) is 2.67. The molecular weight excluding hydrogens is 302 g/mol. The van der Waals surface area contributed by atoms with Gasteiger partial charge in [0, 0.05) is 38.9 Å². The Morgan fingerprint density at radius 1 is 1.25 bits per heavy atom. The van der Waals surface area contributed by atoms with Gasteiger partial charge in [0.25, 0.3) is 0 Å². The van der Waals surface area contributed by atoms with Crippen LogP contribution in [0.5, 0.6) is 0 Å². The SMILES string of the molecule is CCCCCNC(=NC)NCc1ccc(N2CCNC(=O)C2)cc1. The Balaban J connectivity index is 1.79. The summed E-state index contributed by atoms with van der Waals surface area (Å²) in [5.41, 5.74) is 2.28. The van der Waals surface area contributed by atoms with E-state index in [0.29, 0.717) is 13.1 Å². The topological polar surface area (TPSA) is 68.8 Å². The molecule has 1 aliphatic heterocycles. The summed E-state index contributed by atoms with van der Waals surface area (Å²) in [6, 6.07) is 8.35. The Labute approximate surface area is 144 Å². The summed E-state index contributed by atoms with van der Waals surface area (Å²) < 4.78 is 0. The highest BCUT2D eigenvalue weighted by atomic mass is 16.2. The summed E-state index contributed by atoms with van der Waals surface area (Å²) in [6.45, 7) is 5.89. The Bertz CT molecular complexity index is 541. The molecule has 0 unspecified atom stereocenters. The number of amides is 1. The predicted octanol–water partition coefficient (Wildman–Crippen LogP) is 1.48. The molecule has 0 atom stereocenters. The fraction of sp³-hybridized carbons (Fsp3) is 0.556. The molecule has 2 rings (SSSR count). The van der Waals surface area contributed by atoms with Crippen LogP contribution < -0.4 is 20.9 Å². The van der Waals surface area contributed by atoms with Crippen molar-refractivity contribution in [2.24, 2.45) is 4.99 Å². The molecule has 1 aromatic rings. The molecule has 6 heteroatoms. The van der Waals surface area contributed by atoms with Crippen molar-refractivity contribution in [1.82, 2.24) is 16.0 Å². The zero-order valence-electron chi connectivity index (χ0n) is 14.8. The maximum Gasteiger partial charge on any atom is 0.239 e. The minimum Gasteiger partial charge on any atom is -0.360 e. The first-order valence-electron chi connectivity index (χ1n) is 8.78. The van der Waals surface area contributed by atoms with Crippen LogP contribution in [-0.4, -0.2) is 45.1 Å².